The molecule has 4 rings (SSSR count). The number of ether oxygens (including phenoxy) is 1. The van der Waals surface area contributed by atoms with Crippen LogP contribution in [0, 0.1) is 13.8 Å². The number of hydrogen-bond acceptors (Lipinski definition) is 6. The average Bonchev–Trinajstić information content (AvgIpc) is 3.29. The second-order valence-electron chi connectivity index (χ2n) is 7.90. The van der Waals surface area contributed by atoms with Crippen LogP contribution in [-0.2, 0) is 4.79 Å². The maximum Gasteiger partial charge on any atom is 0.250 e. The minimum Gasteiger partial charge on any atom is -0.493 e. The van der Waals surface area contributed by atoms with Gasteiger partial charge in [0.05, 0.1) is 18.6 Å². The van der Waals surface area contributed by atoms with Crippen LogP contribution in [0.5, 0.6) is 5.75 Å². The van der Waals surface area contributed by atoms with Crippen LogP contribution in [0.25, 0.3) is 17.1 Å². The zero-order valence-electron chi connectivity index (χ0n) is 19.9. The molecule has 0 bridgehead atoms. The van der Waals surface area contributed by atoms with Gasteiger partial charge in [-0.2, -0.15) is 5.10 Å². The maximum atomic E-state index is 12.5. The standard InChI is InChI=1S/C27H27N5O2S/c1-4-34-24-8-6-5-7-22(24)17-28-29-25(33)18-35-27-31-30-26(21-13-9-19(2)10-14-21)32(27)23-15-11-20(3)12-16-23/h5-17H,4,18H2,1-3H3,(H,29,33)/b28-17+. The van der Waals surface area contributed by atoms with E-state index >= 15 is 0 Å². The van der Waals surface area contributed by atoms with Crippen LogP contribution in [0.1, 0.15) is 23.6 Å². The van der Waals surface area contributed by atoms with E-state index < -0.39 is 0 Å². The van der Waals surface area contributed by atoms with Gasteiger partial charge in [-0.25, -0.2) is 5.43 Å². The first kappa shape index (κ1) is 24.2. The van der Waals surface area contributed by atoms with Crippen LogP contribution >= 0.6 is 11.8 Å². The van der Waals surface area contributed by atoms with Crippen molar-refractivity contribution in [3.63, 3.8) is 0 Å². The number of carbonyl (C=O) groups excluding carboxylic acids is 1. The second-order valence-corrected chi connectivity index (χ2v) is 8.84. The van der Waals surface area contributed by atoms with E-state index in [0.717, 1.165) is 34.0 Å². The normalized spacial score (nSPS) is 11.1. The molecule has 0 aliphatic rings. The first-order valence-corrected chi connectivity index (χ1v) is 12.3. The summed E-state index contributed by atoms with van der Waals surface area (Å²) in [7, 11) is 0. The van der Waals surface area contributed by atoms with Gasteiger partial charge in [0.25, 0.3) is 5.91 Å². The Hall–Kier alpha value is -3.91. The van der Waals surface area contributed by atoms with Crippen molar-refractivity contribution in [2.24, 2.45) is 5.10 Å². The molecule has 0 aliphatic heterocycles. The summed E-state index contributed by atoms with van der Waals surface area (Å²) in [6, 6.07) is 23.8. The van der Waals surface area contributed by atoms with Crippen molar-refractivity contribution in [2.75, 3.05) is 12.4 Å². The Morgan fingerprint density at radius 2 is 1.69 bits per heavy atom. The number of para-hydroxylation sites is 1. The summed E-state index contributed by atoms with van der Waals surface area (Å²) in [5, 5.41) is 13.5. The Kier molecular flexibility index (Phi) is 7.95. The van der Waals surface area contributed by atoms with Crippen molar-refractivity contribution in [2.45, 2.75) is 25.9 Å². The number of thioether (sulfide) groups is 1. The molecule has 0 saturated heterocycles. The first-order valence-electron chi connectivity index (χ1n) is 11.3. The number of benzene rings is 3. The van der Waals surface area contributed by atoms with Crippen LogP contribution in [0.4, 0.5) is 0 Å². The molecule has 0 unspecified atom stereocenters. The molecule has 1 amide bonds. The smallest absolute Gasteiger partial charge is 0.250 e. The molecular formula is C27H27N5O2S. The lowest BCUT2D eigenvalue weighted by molar-refractivity contribution is -0.118. The van der Waals surface area contributed by atoms with Crippen molar-refractivity contribution in [3.8, 4) is 22.8 Å². The Balaban J connectivity index is 1.49. The summed E-state index contributed by atoms with van der Waals surface area (Å²) >= 11 is 1.31. The highest BCUT2D eigenvalue weighted by atomic mass is 32.2. The van der Waals surface area contributed by atoms with E-state index in [9.17, 15) is 4.79 Å². The first-order chi connectivity index (χ1) is 17.0. The van der Waals surface area contributed by atoms with E-state index in [4.69, 9.17) is 4.74 Å². The van der Waals surface area contributed by atoms with Crippen LogP contribution in [0.15, 0.2) is 83.1 Å². The summed E-state index contributed by atoms with van der Waals surface area (Å²) in [6.07, 6.45) is 1.58. The number of nitrogens with zero attached hydrogens (tertiary/aromatic N) is 4. The quantitative estimate of drug-likeness (QED) is 0.200. The molecule has 0 fully saturated rings. The summed E-state index contributed by atoms with van der Waals surface area (Å²) < 4.78 is 7.56. The van der Waals surface area contributed by atoms with Crippen LogP contribution in [0.3, 0.4) is 0 Å². The monoisotopic (exact) mass is 485 g/mol. The van der Waals surface area contributed by atoms with Gasteiger partial charge in [-0.3, -0.25) is 9.36 Å². The van der Waals surface area contributed by atoms with Gasteiger partial charge in [0.15, 0.2) is 11.0 Å². The molecule has 35 heavy (non-hydrogen) atoms. The van der Waals surface area contributed by atoms with Crippen molar-refractivity contribution >= 4 is 23.9 Å². The largest absolute Gasteiger partial charge is 0.493 e. The number of aryl methyl sites for hydroxylation is 2. The highest BCUT2D eigenvalue weighted by molar-refractivity contribution is 7.99. The fourth-order valence-corrected chi connectivity index (χ4v) is 4.13. The number of rotatable bonds is 9. The highest BCUT2D eigenvalue weighted by Gasteiger charge is 2.17. The van der Waals surface area contributed by atoms with Gasteiger partial charge in [-0.15, -0.1) is 10.2 Å². The molecule has 0 aliphatic carbocycles. The Bertz CT molecular complexity index is 1310. The Labute approximate surface area is 209 Å². The van der Waals surface area contributed by atoms with Crippen LogP contribution in [0.2, 0.25) is 0 Å². The van der Waals surface area contributed by atoms with Crippen molar-refractivity contribution in [1.82, 2.24) is 20.2 Å². The lowest BCUT2D eigenvalue weighted by atomic mass is 10.1. The Morgan fingerprint density at radius 1 is 1.00 bits per heavy atom. The van der Waals surface area contributed by atoms with E-state index in [1.807, 2.05) is 98.1 Å². The lowest BCUT2D eigenvalue weighted by Gasteiger charge is -2.11. The summed E-state index contributed by atoms with van der Waals surface area (Å²) in [5.41, 5.74) is 7.60. The van der Waals surface area contributed by atoms with Gasteiger partial charge < -0.3 is 4.74 Å². The topological polar surface area (TPSA) is 81.4 Å². The molecule has 1 aromatic heterocycles. The van der Waals surface area contributed by atoms with E-state index in [2.05, 4.69) is 20.7 Å². The number of hydrogen-bond donors (Lipinski definition) is 1. The highest BCUT2D eigenvalue weighted by Crippen LogP contribution is 2.28. The minimum absolute atomic E-state index is 0.141. The van der Waals surface area contributed by atoms with Crippen LogP contribution < -0.4 is 10.2 Å². The summed E-state index contributed by atoms with van der Waals surface area (Å²) in [6.45, 7) is 6.57. The van der Waals surface area contributed by atoms with Gasteiger partial charge in [0.2, 0.25) is 0 Å². The molecule has 0 spiro atoms. The number of amides is 1. The second kappa shape index (κ2) is 11.5. The predicted octanol–water partition coefficient (Wildman–Crippen LogP) is 5.19. The molecule has 3 aromatic carbocycles. The minimum atomic E-state index is -0.240. The van der Waals surface area contributed by atoms with Gasteiger partial charge in [0, 0.05) is 16.8 Å². The molecule has 7 nitrogen and oxygen atoms in total. The average molecular weight is 486 g/mol. The lowest BCUT2D eigenvalue weighted by Crippen LogP contribution is -2.20. The molecule has 8 heteroatoms. The third kappa shape index (κ3) is 6.16. The third-order valence-corrected chi connectivity index (χ3v) is 6.11. The SMILES string of the molecule is CCOc1ccccc1/C=N/NC(=O)CSc1nnc(-c2ccc(C)cc2)n1-c1ccc(C)cc1. The maximum absolute atomic E-state index is 12.5. The molecule has 1 heterocycles. The third-order valence-electron chi connectivity index (χ3n) is 5.18. The summed E-state index contributed by atoms with van der Waals surface area (Å²) in [5.74, 6) is 1.34. The van der Waals surface area contributed by atoms with Gasteiger partial charge in [-0.1, -0.05) is 71.4 Å². The fraction of sp³-hybridized carbons (Fsp3) is 0.185. The summed E-state index contributed by atoms with van der Waals surface area (Å²) in [4.78, 5) is 12.5. The van der Waals surface area contributed by atoms with Crippen molar-refractivity contribution in [3.05, 3.63) is 89.5 Å². The van der Waals surface area contributed by atoms with Crippen molar-refractivity contribution in [1.29, 1.82) is 0 Å². The number of hydrazone groups is 1. The fourth-order valence-electron chi connectivity index (χ4n) is 3.39. The Morgan fingerprint density at radius 3 is 2.40 bits per heavy atom. The number of carbonyl (C=O) groups is 1. The zero-order chi connectivity index (χ0) is 24.6. The molecule has 4 aromatic rings. The van der Waals surface area contributed by atoms with E-state index in [1.165, 1.54) is 17.3 Å². The molecule has 1 N–H and O–H groups in total. The van der Waals surface area contributed by atoms with Crippen LogP contribution in [-0.4, -0.2) is 39.2 Å². The molecule has 0 saturated carbocycles. The van der Waals surface area contributed by atoms with E-state index in [-0.39, 0.29) is 11.7 Å². The number of nitrogens with one attached hydrogen (secondary N) is 1. The number of aromatic nitrogens is 3. The molecular weight excluding hydrogens is 458 g/mol. The van der Waals surface area contributed by atoms with E-state index in [0.29, 0.717) is 11.8 Å². The van der Waals surface area contributed by atoms with Gasteiger partial charge in [0.1, 0.15) is 5.75 Å². The zero-order valence-corrected chi connectivity index (χ0v) is 20.7. The molecule has 0 atom stereocenters. The van der Waals surface area contributed by atoms with Gasteiger partial charge in [-0.05, 0) is 45.0 Å². The van der Waals surface area contributed by atoms with E-state index in [1.54, 1.807) is 6.21 Å². The van der Waals surface area contributed by atoms with Gasteiger partial charge >= 0.3 is 0 Å². The molecule has 178 valence electrons. The van der Waals surface area contributed by atoms with Crippen molar-refractivity contribution < 1.29 is 9.53 Å². The molecule has 0 radical (unpaired) electrons. The predicted molar refractivity (Wildman–Crippen MR) is 140 cm³/mol.